The molecule has 6 nitrogen and oxygen atoms in total. The summed E-state index contributed by atoms with van der Waals surface area (Å²) in [6.45, 7) is 2.04. The molecule has 1 heterocycles. The Kier molecular flexibility index (Phi) is 4.29. The van der Waals surface area contributed by atoms with Crippen molar-refractivity contribution < 1.29 is 14.4 Å². The first-order valence-electron chi connectivity index (χ1n) is 7.59. The van der Waals surface area contributed by atoms with Gasteiger partial charge in [0.25, 0.3) is 5.91 Å². The maximum Gasteiger partial charge on any atom is 0.324 e. The van der Waals surface area contributed by atoms with E-state index in [1.54, 1.807) is 24.3 Å². The quantitative estimate of drug-likeness (QED) is 0.848. The average Bonchev–Trinajstić information content (AvgIpc) is 2.89. The molecule has 3 rings (SSSR count). The van der Waals surface area contributed by atoms with Gasteiger partial charge in [0.1, 0.15) is 0 Å². The van der Waals surface area contributed by atoms with Crippen LogP contribution in [0.3, 0.4) is 0 Å². The van der Waals surface area contributed by atoms with Gasteiger partial charge in [-0.2, -0.15) is 0 Å². The smallest absolute Gasteiger partial charge is 0.324 e. The molecule has 122 valence electrons. The van der Waals surface area contributed by atoms with E-state index in [9.17, 15) is 14.4 Å². The van der Waals surface area contributed by atoms with Gasteiger partial charge in [0.15, 0.2) is 0 Å². The molecule has 0 saturated carbocycles. The number of nitrogens with zero attached hydrogens (tertiary/aromatic N) is 1. The SMILES string of the molecule is Cc1ccc(NC(=O)c2ccccc2CN2C(=O)CNC2=O)cc1. The van der Waals surface area contributed by atoms with E-state index >= 15 is 0 Å². The van der Waals surface area contributed by atoms with Crippen molar-refractivity contribution in [2.45, 2.75) is 13.5 Å². The summed E-state index contributed by atoms with van der Waals surface area (Å²) in [5.41, 5.74) is 2.85. The zero-order valence-corrected chi connectivity index (χ0v) is 13.2. The van der Waals surface area contributed by atoms with Gasteiger partial charge in [-0.1, -0.05) is 35.9 Å². The second kappa shape index (κ2) is 6.54. The van der Waals surface area contributed by atoms with Gasteiger partial charge in [-0.3, -0.25) is 14.5 Å². The van der Waals surface area contributed by atoms with Crippen LogP contribution in [0.15, 0.2) is 48.5 Å². The number of anilines is 1. The summed E-state index contributed by atoms with van der Waals surface area (Å²) in [5, 5.41) is 5.30. The van der Waals surface area contributed by atoms with E-state index in [4.69, 9.17) is 0 Å². The number of benzene rings is 2. The van der Waals surface area contributed by atoms with Gasteiger partial charge < -0.3 is 10.6 Å². The van der Waals surface area contributed by atoms with Crippen molar-refractivity contribution in [2.75, 3.05) is 11.9 Å². The summed E-state index contributed by atoms with van der Waals surface area (Å²) in [5.74, 6) is -0.574. The molecule has 0 radical (unpaired) electrons. The van der Waals surface area contributed by atoms with Gasteiger partial charge >= 0.3 is 6.03 Å². The molecule has 1 aliphatic rings. The van der Waals surface area contributed by atoms with Crippen LogP contribution in [0.2, 0.25) is 0 Å². The van der Waals surface area contributed by atoms with Gasteiger partial charge in [-0.05, 0) is 30.7 Å². The number of carbonyl (C=O) groups is 3. The Morgan fingerprint density at radius 3 is 2.50 bits per heavy atom. The molecule has 0 bridgehead atoms. The van der Waals surface area contributed by atoms with Crippen LogP contribution in [-0.4, -0.2) is 29.3 Å². The molecule has 0 atom stereocenters. The zero-order chi connectivity index (χ0) is 17.1. The lowest BCUT2D eigenvalue weighted by Gasteiger charge is -2.15. The van der Waals surface area contributed by atoms with E-state index in [1.165, 1.54) is 0 Å². The molecule has 0 unspecified atom stereocenters. The predicted molar refractivity (Wildman–Crippen MR) is 89.5 cm³/mol. The summed E-state index contributed by atoms with van der Waals surface area (Å²) in [4.78, 5) is 37.1. The highest BCUT2D eigenvalue weighted by molar-refractivity contribution is 6.06. The van der Waals surface area contributed by atoms with Gasteiger partial charge in [-0.25, -0.2) is 4.79 Å². The van der Waals surface area contributed by atoms with Crippen molar-refractivity contribution in [3.8, 4) is 0 Å². The molecule has 1 aliphatic heterocycles. The number of aryl methyl sites for hydroxylation is 1. The fourth-order valence-corrected chi connectivity index (χ4v) is 2.50. The molecule has 0 aromatic heterocycles. The topological polar surface area (TPSA) is 78.5 Å². The number of nitrogens with one attached hydrogen (secondary N) is 2. The Morgan fingerprint density at radius 1 is 1.12 bits per heavy atom. The van der Waals surface area contributed by atoms with E-state index in [0.29, 0.717) is 16.8 Å². The van der Waals surface area contributed by atoms with E-state index in [-0.39, 0.29) is 24.9 Å². The van der Waals surface area contributed by atoms with Crippen molar-refractivity contribution >= 4 is 23.5 Å². The average molecular weight is 323 g/mol. The van der Waals surface area contributed by atoms with E-state index in [1.807, 2.05) is 31.2 Å². The van der Waals surface area contributed by atoms with Crippen LogP contribution in [0.5, 0.6) is 0 Å². The van der Waals surface area contributed by atoms with Crippen molar-refractivity contribution in [2.24, 2.45) is 0 Å². The molecular weight excluding hydrogens is 306 g/mol. The Hall–Kier alpha value is -3.15. The maximum absolute atomic E-state index is 12.5. The van der Waals surface area contributed by atoms with Crippen LogP contribution in [0.25, 0.3) is 0 Å². The Bertz CT molecular complexity index is 783. The first-order valence-corrected chi connectivity index (χ1v) is 7.59. The Labute approximate surface area is 139 Å². The summed E-state index contributed by atoms with van der Waals surface area (Å²) >= 11 is 0. The molecule has 2 N–H and O–H groups in total. The summed E-state index contributed by atoms with van der Waals surface area (Å²) in [6, 6.07) is 14.0. The first-order chi connectivity index (χ1) is 11.5. The highest BCUT2D eigenvalue weighted by Gasteiger charge is 2.29. The van der Waals surface area contributed by atoms with Crippen LogP contribution in [0.1, 0.15) is 21.5 Å². The summed E-state index contributed by atoms with van der Waals surface area (Å²) in [7, 11) is 0. The third-order valence-electron chi connectivity index (χ3n) is 3.84. The fourth-order valence-electron chi connectivity index (χ4n) is 2.50. The molecule has 2 aromatic rings. The summed E-state index contributed by atoms with van der Waals surface area (Å²) < 4.78 is 0. The number of urea groups is 1. The van der Waals surface area contributed by atoms with Crippen molar-refractivity contribution in [1.29, 1.82) is 0 Å². The highest BCUT2D eigenvalue weighted by atomic mass is 16.2. The second-order valence-electron chi connectivity index (χ2n) is 5.62. The summed E-state index contributed by atoms with van der Waals surface area (Å²) in [6.07, 6.45) is 0. The minimum atomic E-state index is -0.436. The number of hydrogen-bond donors (Lipinski definition) is 2. The zero-order valence-electron chi connectivity index (χ0n) is 13.2. The Balaban J connectivity index is 1.80. The number of amides is 4. The van der Waals surface area contributed by atoms with Crippen molar-refractivity contribution in [3.05, 3.63) is 65.2 Å². The molecule has 24 heavy (non-hydrogen) atoms. The maximum atomic E-state index is 12.5. The number of imide groups is 1. The monoisotopic (exact) mass is 323 g/mol. The lowest BCUT2D eigenvalue weighted by molar-refractivity contribution is -0.125. The van der Waals surface area contributed by atoms with Crippen LogP contribution in [-0.2, 0) is 11.3 Å². The van der Waals surface area contributed by atoms with E-state index < -0.39 is 6.03 Å². The molecule has 2 aromatic carbocycles. The second-order valence-corrected chi connectivity index (χ2v) is 5.62. The van der Waals surface area contributed by atoms with Crippen LogP contribution < -0.4 is 10.6 Å². The van der Waals surface area contributed by atoms with Gasteiger partial charge in [0.2, 0.25) is 5.91 Å². The normalized spacial score (nSPS) is 13.8. The standard InChI is InChI=1S/C18H17N3O3/c1-12-6-8-14(9-7-12)20-17(23)15-5-3-2-4-13(15)11-21-16(22)10-19-18(21)24/h2-9H,10-11H2,1H3,(H,19,24)(H,20,23). The molecular formula is C18H17N3O3. The van der Waals surface area contributed by atoms with Crippen molar-refractivity contribution in [1.82, 2.24) is 10.2 Å². The number of carbonyl (C=O) groups excluding carboxylic acids is 3. The fraction of sp³-hybridized carbons (Fsp3) is 0.167. The Morgan fingerprint density at radius 2 is 1.83 bits per heavy atom. The first kappa shape index (κ1) is 15.7. The predicted octanol–water partition coefficient (Wildman–Crippen LogP) is 2.30. The largest absolute Gasteiger partial charge is 0.329 e. The van der Waals surface area contributed by atoms with Gasteiger partial charge in [-0.15, -0.1) is 0 Å². The lowest BCUT2D eigenvalue weighted by Crippen LogP contribution is -2.31. The van der Waals surface area contributed by atoms with Crippen LogP contribution in [0.4, 0.5) is 10.5 Å². The van der Waals surface area contributed by atoms with E-state index in [2.05, 4.69) is 10.6 Å². The number of rotatable bonds is 4. The van der Waals surface area contributed by atoms with Crippen molar-refractivity contribution in [3.63, 3.8) is 0 Å². The van der Waals surface area contributed by atoms with Crippen LogP contribution >= 0.6 is 0 Å². The van der Waals surface area contributed by atoms with E-state index in [0.717, 1.165) is 10.5 Å². The third kappa shape index (κ3) is 3.27. The highest BCUT2D eigenvalue weighted by Crippen LogP contribution is 2.16. The molecule has 0 aliphatic carbocycles. The molecule has 1 fully saturated rings. The minimum absolute atomic E-state index is 0.00341. The van der Waals surface area contributed by atoms with Crippen LogP contribution in [0, 0.1) is 6.92 Å². The van der Waals surface area contributed by atoms with Gasteiger partial charge in [0.05, 0.1) is 13.1 Å². The number of hydrogen-bond acceptors (Lipinski definition) is 3. The molecule has 6 heteroatoms. The molecule has 0 spiro atoms. The minimum Gasteiger partial charge on any atom is -0.329 e. The lowest BCUT2D eigenvalue weighted by atomic mass is 10.1. The molecule has 1 saturated heterocycles. The van der Waals surface area contributed by atoms with Gasteiger partial charge in [0, 0.05) is 11.3 Å². The third-order valence-corrected chi connectivity index (χ3v) is 3.84. The molecule has 4 amide bonds.